The van der Waals surface area contributed by atoms with E-state index in [9.17, 15) is 14.7 Å². The van der Waals surface area contributed by atoms with Gasteiger partial charge in [0.1, 0.15) is 5.75 Å². The molecule has 0 bridgehead atoms. The van der Waals surface area contributed by atoms with Gasteiger partial charge in [0.25, 0.3) is 0 Å². The zero-order valence-corrected chi connectivity index (χ0v) is 11.0. The number of hydrogen-bond acceptors (Lipinski definition) is 4. The molecule has 0 atom stereocenters. The van der Waals surface area contributed by atoms with Crippen LogP contribution in [-0.4, -0.2) is 11.9 Å². The summed E-state index contributed by atoms with van der Waals surface area (Å²) in [6.45, 7) is 0. The third kappa shape index (κ3) is 4.50. The van der Waals surface area contributed by atoms with Crippen molar-refractivity contribution in [3.8, 4) is 11.5 Å². The van der Waals surface area contributed by atoms with Crippen molar-refractivity contribution in [2.75, 3.05) is 5.32 Å². The smallest absolute Gasteiger partial charge is 0.248 e. The van der Waals surface area contributed by atoms with Crippen LogP contribution in [0.2, 0.25) is 0 Å². The third-order valence-corrected chi connectivity index (χ3v) is 2.49. The van der Waals surface area contributed by atoms with Crippen molar-refractivity contribution < 1.29 is 19.4 Å². The predicted molar refractivity (Wildman–Crippen MR) is 75.7 cm³/mol. The molecule has 2 rings (SSSR count). The summed E-state index contributed by atoms with van der Waals surface area (Å²) in [5.74, 6) is -0.925. The van der Waals surface area contributed by atoms with Gasteiger partial charge in [0.05, 0.1) is 11.7 Å². The molecule has 2 aromatic carbocycles. The highest BCUT2D eigenvalue weighted by molar-refractivity contribution is 6.02. The number of carboxylic acids is 1. The lowest BCUT2D eigenvalue weighted by Crippen LogP contribution is -2.20. The molecule has 0 fully saturated rings. The quantitative estimate of drug-likeness (QED) is 0.847. The van der Waals surface area contributed by atoms with E-state index in [1.165, 1.54) is 0 Å². The lowest BCUT2D eigenvalue weighted by Gasteiger charge is -2.11. The topological polar surface area (TPSA) is 78.5 Å². The zero-order valence-electron chi connectivity index (χ0n) is 11.0. The number of rotatable bonds is 5. The van der Waals surface area contributed by atoms with Crippen LogP contribution >= 0.6 is 0 Å². The number of carbonyl (C=O) groups is 2. The molecule has 0 aliphatic rings. The van der Waals surface area contributed by atoms with Gasteiger partial charge in [-0.2, -0.15) is 0 Å². The van der Waals surface area contributed by atoms with Crippen LogP contribution in [0.3, 0.4) is 0 Å². The lowest BCUT2D eigenvalue weighted by atomic mass is 10.2. The standard InChI is InChI=1S/C16H13NO4/c18-15(10-11-16(19)20)17-13-8-4-5-9-14(13)21-12-6-2-1-3-7-12/h1-11H,(H,17,18)(H,19,20)/p-1/b11-10-. The Morgan fingerprint density at radius 3 is 2.33 bits per heavy atom. The Bertz CT molecular complexity index is 665. The van der Waals surface area contributed by atoms with Crippen LogP contribution in [0.15, 0.2) is 66.7 Å². The summed E-state index contributed by atoms with van der Waals surface area (Å²) in [6, 6.07) is 16.0. The molecule has 0 saturated carbocycles. The average Bonchev–Trinajstić information content (AvgIpc) is 2.48. The van der Waals surface area contributed by atoms with Gasteiger partial charge >= 0.3 is 0 Å². The lowest BCUT2D eigenvalue weighted by molar-refractivity contribution is -0.297. The number of anilines is 1. The highest BCUT2D eigenvalue weighted by atomic mass is 16.5. The van der Waals surface area contributed by atoms with Crippen LogP contribution in [0.4, 0.5) is 5.69 Å². The van der Waals surface area contributed by atoms with Gasteiger partial charge in [-0.25, -0.2) is 0 Å². The molecule has 0 heterocycles. The number of benzene rings is 2. The van der Waals surface area contributed by atoms with Gasteiger partial charge in [0.15, 0.2) is 5.75 Å². The first kappa shape index (κ1) is 14.3. The molecule has 0 unspecified atom stereocenters. The van der Waals surface area contributed by atoms with E-state index in [0.717, 1.165) is 6.08 Å². The minimum atomic E-state index is -1.43. The first-order chi connectivity index (χ1) is 10.1. The highest BCUT2D eigenvalue weighted by Crippen LogP contribution is 2.28. The summed E-state index contributed by atoms with van der Waals surface area (Å²) in [6.07, 6.45) is 1.55. The number of hydrogen-bond donors (Lipinski definition) is 1. The second kappa shape index (κ2) is 6.91. The van der Waals surface area contributed by atoms with Gasteiger partial charge in [0, 0.05) is 6.08 Å². The van der Waals surface area contributed by atoms with Gasteiger partial charge in [0.2, 0.25) is 5.91 Å². The highest BCUT2D eigenvalue weighted by Gasteiger charge is 2.06. The van der Waals surface area contributed by atoms with Crippen molar-refractivity contribution in [3.63, 3.8) is 0 Å². The van der Waals surface area contributed by atoms with E-state index in [2.05, 4.69) is 5.32 Å². The summed E-state index contributed by atoms with van der Waals surface area (Å²) < 4.78 is 5.67. The molecule has 5 heteroatoms. The fourth-order valence-corrected chi connectivity index (χ4v) is 1.59. The first-order valence-corrected chi connectivity index (χ1v) is 6.17. The molecular formula is C16H12NO4-. The molecular weight excluding hydrogens is 270 g/mol. The summed E-state index contributed by atoms with van der Waals surface area (Å²) >= 11 is 0. The predicted octanol–water partition coefficient (Wildman–Crippen LogP) is 1.72. The van der Waals surface area contributed by atoms with Crippen molar-refractivity contribution in [1.29, 1.82) is 0 Å². The fourth-order valence-electron chi connectivity index (χ4n) is 1.59. The van der Waals surface area contributed by atoms with Gasteiger partial charge in [-0.05, 0) is 30.3 Å². The second-order valence-electron chi connectivity index (χ2n) is 4.05. The van der Waals surface area contributed by atoms with Crippen LogP contribution < -0.4 is 15.2 Å². The second-order valence-corrected chi connectivity index (χ2v) is 4.05. The van der Waals surface area contributed by atoms with Crippen LogP contribution in [0.25, 0.3) is 0 Å². The number of carboxylic acid groups (broad SMARTS) is 1. The Kier molecular flexibility index (Phi) is 4.71. The van der Waals surface area contributed by atoms with E-state index in [0.29, 0.717) is 23.3 Å². The normalized spacial score (nSPS) is 10.3. The summed E-state index contributed by atoms with van der Waals surface area (Å²) in [5, 5.41) is 12.8. The molecule has 5 nitrogen and oxygen atoms in total. The Hall–Kier alpha value is -3.08. The van der Waals surface area contributed by atoms with E-state index in [1.54, 1.807) is 36.4 Å². The van der Waals surface area contributed by atoms with Crippen LogP contribution in [-0.2, 0) is 9.59 Å². The van der Waals surface area contributed by atoms with E-state index in [4.69, 9.17) is 4.74 Å². The number of ether oxygens (including phenoxy) is 1. The Labute approximate surface area is 121 Å². The van der Waals surface area contributed by atoms with Crippen molar-refractivity contribution in [2.45, 2.75) is 0 Å². The van der Waals surface area contributed by atoms with E-state index >= 15 is 0 Å². The number of aliphatic carboxylic acids is 1. The molecule has 0 radical (unpaired) electrons. The number of amides is 1. The maximum Gasteiger partial charge on any atom is 0.248 e. The minimum absolute atomic E-state index is 0.439. The SMILES string of the molecule is O=C([O-])/C=C\C(=O)Nc1ccccc1Oc1ccccc1. The minimum Gasteiger partial charge on any atom is -0.545 e. The van der Waals surface area contributed by atoms with Crippen molar-refractivity contribution in [2.24, 2.45) is 0 Å². The van der Waals surface area contributed by atoms with Crippen LogP contribution in [0.5, 0.6) is 11.5 Å². The van der Waals surface area contributed by atoms with Crippen LogP contribution in [0, 0.1) is 0 Å². The van der Waals surface area contributed by atoms with Crippen LogP contribution in [0.1, 0.15) is 0 Å². The van der Waals surface area contributed by atoms with Gasteiger partial charge < -0.3 is 20.0 Å². The fraction of sp³-hybridized carbons (Fsp3) is 0. The Morgan fingerprint density at radius 1 is 0.952 bits per heavy atom. The van der Waals surface area contributed by atoms with Gasteiger partial charge in [-0.3, -0.25) is 4.79 Å². The number of carbonyl (C=O) groups excluding carboxylic acids is 2. The first-order valence-electron chi connectivity index (χ1n) is 6.17. The maximum absolute atomic E-state index is 11.6. The van der Waals surface area contributed by atoms with E-state index in [1.807, 2.05) is 18.2 Å². The zero-order chi connectivity index (χ0) is 15.1. The van der Waals surface area contributed by atoms with Crippen molar-refractivity contribution in [1.82, 2.24) is 0 Å². The van der Waals surface area contributed by atoms with Crippen molar-refractivity contribution in [3.05, 3.63) is 66.7 Å². The largest absolute Gasteiger partial charge is 0.545 e. The number of para-hydroxylation sites is 3. The molecule has 1 N–H and O–H groups in total. The van der Waals surface area contributed by atoms with Gasteiger partial charge in [-0.1, -0.05) is 30.3 Å². The summed E-state index contributed by atoms with van der Waals surface area (Å²) in [4.78, 5) is 21.8. The number of nitrogens with one attached hydrogen (secondary N) is 1. The molecule has 106 valence electrons. The molecule has 1 amide bonds. The third-order valence-electron chi connectivity index (χ3n) is 2.49. The maximum atomic E-state index is 11.6. The molecule has 21 heavy (non-hydrogen) atoms. The monoisotopic (exact) mass is 282 g/mol. The Morgan fingerprint density at radius 2 is 1.62 bits per heavy atom. The Balaban J connectivity index is 2.14. The molecule has 0 saturated heterocycles. The molecule has 0 aliphatic heterocycles. The van der Waals surface area contributed by atoms with Gasteiger partial charge in [-0.15, -0.1) is 0 Å². The molecule has 0 spiro atoms. The average molecular weight is 282 g/mol. The van der Waals surface area contributed by atoms with E-state index < -0.39 is 11.9 Å². The molecule has 0 aromatic heterocycles. The molecule has 0 aliphatic carbocycles. The summed E-state index contributed by atoms with van der Waals surface area (Å²) in [7, 11) is 0. The molecule has 2 aromatic rings. The summed E-state index contributed by atoms with van der Waals surface area (Å²) in [5.41, 5.74) is 0.439. The van der Waals surface area contributed by atoms with Crippen molar-refractivity contribution >= 4 is 17.6 Å². The van der Waals surface area contributed by atoms with E-state index in [-0.39, 0.29) is 0 Å².